The van der Waals surface area contributed by atoms with Gasteiger partial charge in [-0.15, -0.1) is 0 Å². The third kappa shape index (κ3) is 6.34. The summed E-state index contributed by atoms with van der Waals surface area (Å²) in [6.07, 6.45) is 0.993. The summed E-state index contributed by atoms with van der Waals surface area (Å²) < 4.78 is 27.4. The summed E-state index contributed by atoms with van der Waals surface area (Å²) in [5.74, 6) is 0.108. The molecule has 0 fully saturated rings. The minimum Gasteiger partial charge on any atom is -0.383 e. The predicted molar refractivity (Wildman–Crippen MR) is 113 cm³/mol. The van der Waals surface area contributed by atoms with E-state index in [2.05, 4.69) is 0 Å². The molecular formula is C22H20ClNO4S. The summed E-state index contributed by atoms with van der Waals surface area (Å²) >= 11 is 5.94. The molecule has 7 heteroatoms. The Balaban J connectivity index is 1.82. The maximum Gasteiger partial charge on any atom is 0.306 e. The van der Waals surface area contributed by atoms with Gasteiger partial charge < -0.3 is 9.08 Å². The molecule has 0 unspecified atom stereocenters. The van der Waals surface area contributed by atoms with E-state index in [4.69, 9.17) is 15.8 Å². The lowest BCUT2D eigenvalue weighted by Crippen LogP contribution is -2.30. The Morgan fingerprint density at radius 3 is 1.97 bits per heavy atom. The van der Waals surface area contributed by atoms with Crippen molar-refractivity contribution in [3.05, 3.63) is 101 Å². The molecule has 0 aromatic heterocycles. The Labute approximate surface area is 175 Å². The Morgan fingerprint density at radius 2 is 1.41 bits per heavy atom. The van der Waals surface area contributed by atoms with Crippen molar-refractivity contribution in [3.63, 3.8) is 0 Å². The van der Waals surface area contributed by atoms with Gasteiger partial charge in [0.15, 0.2) is 0 Å². The number of hydrogen-bond donors (Lipinski definition) is 0. The van der Waals surface area contributed by atoms with Crippen LogP contribution in [0.1, 0.15) is 21.5 Å². The number of hydrogen-bond acceptors (Lipinski definition) is 4. The van der Waals surface area contributed by atoms with Crippen LogP contribution in [0.4, 0.5) is 0 Å². The van der Waals surface area contributed by atoms with Gasteiger partial charge >= 0.3 is 10.1 Å². The SMILES string of the molecule is CS(=O)(=O)Oc1ccc(CN(Cc2ccccc2)C(=O)c2ccc(Cl)cc2)cc1. The third-order valence-corrected chi connectivity index (χ3v) is 4.89. The first-order valence-electron chi connectivity index (χ1n) is 8.87. The van der Waals surface area contributed by atoms with Crippen molar-refractivity contribution >= 4 is 27.6 Å². The maximum absolute atomic E-state index is 13.1. The van der Waals surface area contributed by atoms with Crippen molar-refractivity contribution in [2.45, 2.75) is 13.1 Å². The highest BCUT2D eigenvalue weighted by Crippen LogP contribution is 2.19. The molecule has 0 aliphatic carbocycles. The van der Waals surface area contributed by atoms with Crippen LogP contribution in [-0.4, -0.2) is 25.5 Å². The van der Waals surface area contributed by atoms with Crippen LogP contribution in [0.25, 0.3) is 0 Å². The lowest BCUT2D eigenvalue weighted by Gasteiger charge is -2.23. The van der Waals surface area contributed by atoms with Crippen LogP contribution < -0.4 is 4.18 Å². The summed E-state index contributed by atoms with van der Waals surface area (Å²) in [4.78, 5) is 14.8. The summed E-state index contributed by atoms with van der Waals surface area (Å²) in [5.41, 5.74) is 2.40. The molecule has 0 radical (unpaired) electrons. The van der Waals surface area contributed by atoms with Gasteiger partial charge in [-0.1, -0.05) is 54.1 Å². The van der Waals surface area contributed by atoms with E-state index in [0.717, 1.165) is 17.4 Å². The molecule has 29 heavy (non-hydrogen) atoms. The van der Waals surface area contributed by atoms with Gasteiger partial charge in [0.1, 0.15) is 5.75 Å². The number of rotatable bonds is 7. The van der Waals surface area contributed by atoms with Crippen LogP contribution in [0.15, 0.2) is 78.9 Å². The molecule has 0 aliphatic rings. The van der Waals surface area contributed by atoms with Crippen LogP contribution in [0.2, 0.25) is 5.02 Å². The molecule has 0 saturated heterocycles. The van der Waals surface area contributed by atoms with E-state index in [1.165, 1.54) is 0 Å². The van der Waals surface area contributed by atoms with Crippen molar-refractivity contribution in [2.75, 3.05) is 6.26 Å². The lowest BCUT2D eigenvalue weighted by atomic mass is 10.1. The van der Waals surface area contributed by atoms with Crippen molar-refractivity contribution in [1.82, 2.24) is 4.90 Å². The van der Waals surface area contributed by atoms with Gasteiger partial charge in [-0.3, -0.25) is 4.79 Å². The van der Waals surface area contributed by atoms with Gasteiger partial charge in [-0.25, -0.2) is 0 Å². The smallest absolute Gasteiger partial charge is 0.306 e. The van der Waals surface area contributed by atoms with E-state index in [1.807, 2.05) is 30.3 Å². The summed E-state index contributed by atoms with van der Waals surface area (Å²) in [5, 5.41) is 0.567. The Kier molecular flexibility index (Phi) is 6.56. The molecule has 0 atom stereocenters. The molecule has 0 bridgehead atoms. The first kappa shape index (κ1) is 20.9. The van der Waals surface area contributed by atoms with Crippen LogP contribution in [0.3, 0.4) is 0 Å². The second-order valence-corrected chi connectivity index (χ2v) is 8.60. The first-order valence-corrected chi connectivity index (χ1v) is 11.1. The zero-order valence-corrected chi connectivity index (χ0v) is 17.4. The maximum atomic E-state index is 13.1. The fourth-order valence-electron chi connectivity index (χ4n) is 2.82. The van der Waals surface area contributed by atoms with Gasteiger partial charge in [0.25, 0.3) is 5.91 Å². The number of amides is 1. The number of benzene rings is 3. The molecule has 5 nitrogen and oxygen atoms in total. The molecule has 3 aromatic carbocycles. The Morgan fingerprint density at radius 1 is 0.862 bits per heavy atom. The largest absolute Gasteiger partial charge is 0.383 e. The first-order chi connectivity index (χ1) is 13.8. The molecule has 150 valence electrons. The van der Waals surface area contributed by atoms with Gasteiger partial charge in [0.05, 0.1) is 6.26 Å². The van der Waals surface area contributed by atoms with Crippen LogP contribution in [-0.2, 0) is 23.2 Å². The van der Waals surface area contributed by atoms with E-state index in [1.54, 1.807) is 53.4 Å². The van der Waals surface area contributed by atoms with Crippen LogP contribution in [0, 0.1) is 0 Å². The van der Waals surface area contributed by atoms with Gasteiger partial charge in [0.2, 0.25) is 0 Å². The van der Waals surface area contributed by atoms with E-state index >= 15 is 0 Å². The van der Waals surface area contributed by atoms with Crippen LogP contribution in [0.5, 0.6) is 5.75 Å². The highest BCUT2D eigenvalue weighted by atomic mass is 35.5. The highest BCUT2D eigenvalue weighted by Gasteiger charge is 2.17. The summed E-state index contributed by atoms with van der Waals surface area (Å²) in [7, 11) is -3.58. The molecule has 3 aromatic rings. The molecule has 0 N–H and O–H groups in total. The van der Waals surface area contributed by atoms with Crippen molar-refractivity contribution < 1.29 is 17.4 Å². The Hall–Kier alpha value is -2.83. The molecular weight excluding hydrogens is 410 g/mol. The monoisotopic (exact) mass is 429 g/mol. The third-order valence-electron chi connectivity index (χ3n) is 4.14. The minimum absolute atomic E-state index is 0.123. The predicted octanol–water partition coefficient (Wildman–Crippen LogP) is 4.52. The van der Waals surface area contributed by atoms with Gasteiger partial charge in [-0.05, 0) is 47.5 Å². The van der Waals surface area contributed by atoms with Crippen molar-refractivity contribution in [1.29, 1.82) is 0 Å². The molecule has 1 amide bonds. The van der Waals surface area contributed by atoms with E-state index in [9.17, 15) is 13.2 Å². The Bertz CT molecular complexity index is 1070. The van der Waals surface area contributed by atoms with E-state index in [0.29, 0.717) is 23.7 Å². The van der Waals surface area contributed by atoms with Crippen LogP contribution >= 0.6 is 11.6 Å². The second kappa shape index (κ2) is 9.11. The quantitative estimate of drug-likeness (QED) is 0.518. The second-order valence-electron chi connectivity index (χ2n) is 6.59. The topological polar surface area (TPSA) is 63.7 Å². The zero-order chi connectivity index (χ0) is 20.9. The van der Waals surface area contributed by atoms with Crippen molar-refractivity contribution in [2.24, 2.45) is 0 Å². The minimum atomic E-state index is -3.58. The fourth-order valence-corrected chi connectivity index (χ4v) is 3.41. The van der Waals surface area contributed by atoms with Crippen molar-refractivity contribution in [3.8, 4) is 5.75 Å². The average molecular weight is 430 g/mol. The zero-order valence-electron chi connectivity index (χ0n) is 15.8. The molecule has 3 rings (SSSR count). The van der Waals surface area contributed by atoms with Gasteiger partial charge in [0, 0.05) is 23.7 Å². The van der Waals surface area contributed by atoms with E-state index < -0.39 is 10.1 Å². The molecule has 0 spiro atoms. The molecule has 0 saturated carbocycles. The average Bonchev–Trinajstić information content (AvgIpc) is 2.69. The van der Waals surface area contributed by atoms with E-state index in [-0.39, 0.29) is 11.7 Å². The molecule has 0 heterocycles. The number of nitrogens with zero attached hydrogens (tertiary/aromatic N) is 1. The summed E-state index contributed by atoms with van der Waals surface area (Å²) in [6, 6.07) is 23.1. The number of carbonyl (C=O) groups is 1. The fraction of sp³-hybridized carbons (Fsp3) is 0.136. The normalized spacial score (nSPS) is 11.1. The highest BCUT2D eigenvalue weighted by molar-refractivity contribution is 7.86. The standard InChI is InChI=1S/C22H20ClNO4S/c1-29(26,27)28-21-13-7-18(8-14-21)16-24(15-17-5-3-2-4-6-17)22(25)19-9-11-20(23)12-10-19/h2-14H,15-16H2,1H3. The lowest BCUT2D eigenvalue weighted by molar-refractivity contribution is 0.0730. The van der Waals surface area contributed by atoms with Gasteiger partial charge in [-0.2, -0.15) is 8.42 Å². The molecule has 0 aliphatic heterocycles. The number of halogens is 1. The summed E-state index contributed by atoms with van der Waals surface area (Å²) in [6.45, 7) is 0.791. The number of carbonyl (C=O) groups excluding carboxylic acids is 1.